The summed E-state index contributed by atoms with van der Waals surface area (Å²) < 4.78 is 2.66. The Morgan fingerprint density at radius 3 is 2.64 bits per heavy atom. The van der Waals surface area contributed by atoms with Crippen molar-refractivity contribution >= 4 is 28.9 Å². The highest BCUT2D eigenvalue weighted by Gasteiger charge is 2.52. The molecule has 1 aliphatic heterocycles. The van der Waals surface area contributed by atoms with Gasteiger partial charge in [-0.15, -0.1) is 0 Å². The molecule has 3 aromatic rings. The molecule has 2 fully saturated rings. The van der Waals surface area contributed by atoms with Gasteiger partial charge in [0.15, 0.2) is 5.65 Å². The van der Waals surface area contributed by atoms with Crippen LogP contribution >= 0.6 is 0 Å². The number of nitrogens with zero attached hydrogens (tertiary/aromatic N) is 5. The average Bonchev–Trinajstić information content (AvgIpc) is 3.34. The maximum atomic E-state index is 12.9. The molecule has 33 heavy (non-hydrogen) atoms. The lowest BCUT2D eigenvalue weighted by atomic mass is 9.77. The smallest absolute Gasteiger partial charge is 0.322 e. The molecular formula is C22H23N7O4. The van der Waals surface area contributed by atoms with Crippen molar-refractivity contribution in [1.29, 1.82) is 0 Å². The van der Waals surface area contributed by atoms with Crippen LogP contribution in [0.25, 0.3) is 16.7 Å². The molecule has 2 aliphatic rings. The lowest BCUT2D eigenvalue weighted by molar-refractivity contribution is -0.140. The van der Waals surface area contributed by atoms with E-state index in [0.29, 0.717) is 24.4 Å². The maximum absolute atomic E-state index is 12.9. The molecule has 11 heteroatoms. The molecule has 1 aromatic carbocycles. The van der Waals surface area contributed by atoms with Crippen molar-refractivity contribution in [3.8, 4) is 5.69 Å². The predicted molar refractivity (Wildman–Crippen MR) is 117 cm³/mol. The molecular weight excluding hydrogens is 426 g/mol. The number of hydrogen-bond acceptors (Lipinski definition) is 6. The van der Waals surface area contributed by atoms with Gasteiger partial charge in [0, 0.05) is 0 Å². The fourth-order valence-electron chi connectivity index (χ4n) is 4.45. The van der Waals surface area contributed by atoms with Crippen LogP contribution < -0.4 is 16.3 Å². The monoisotopic (exact) mass is 449 g/mol. The highest BCUT2D eigenvalue weighted by atomic mass is 16.2. The molecule has 5 rings (SSSR count). The number of hydrazine groups is 1. The summed E-state index contributed by atoms with van der Waals surface area (Å²) in [7, 11) is 0. The number of carbonyl (C=O) groups excluding carboxylic acids is 3. The van der Waals surface area contributed by atoms with E-state index < -0.39 is 35.5 Å². The molecule has 2 N–H and O–H groups in total. The van der Waals surface area contributed by atoms with Crippen molar-refractivity contribution in [3.05, 3.63) is 53.2 Å². The number of rotatable bonds is 4. The van der Waals surface area contributed by atoms with Gasteiger partial charge in [-0.25, -0.2) is 14.5 Å². The summed E-state index contributed by atoms with van der Waals surface area (Å²) in [5, 5.41) is 7.96. The predicted octanol–water partition coefficient (Wildman–Crippen LogP) is 1.11. The molecule has 1 saturated heterocycles. The first-order valence-electron chi connectivity index (χ1n) is 10.8. The molecule has 170 valence electrons. The average molecular weight is 449 g/mol. The summed E-state index contributed by atoms with van der Waals surface area (Å²) in [5.74, 6) is -0.652. The minimum Gasteiger partial charge on any atom is -0.322 e. The molecule has 0 bridgehead atoms. The number of imide groups is 1. The van der Waals surface area contributed by atoms with Crippen LogP contribution in [-0.2, 0) is 16.1 Å². The molecule has 0 atom stereocenters. The minimum atomic E-state index is -0.958. The number of aromatic nitrogens is 4. The largest absolute Gasteiger partial charge is 0.344 e. The van der Waals surface area contributed by atoms with Gasteiger partial charge < -0.3 is 5.32 Å². The van der Waals surface area contributed by atoms with E-state index in [0.717, 1.165) is 28.1 Å². The summed E-state index contributed by atoms with van der Waals surface area (Å²) in [6.07, 6.45) is 5.38. The molecule has 4 amide bonds. The third-order valence-corrected chi connectivity index (χ3v) is 6.40. The topological polar surface area (TPSA) is 131 Å². The van der Waals surface area contributed by atoms with Crippen LogP contribution in [0.15, 0.2) is 47.7 Å². The van der Waals surface area contributed by atoms with Crippen LogP contribution in [0.2, 0.25) is 0 Å². The fourth-order valence-corrected chi connectivity index (χ4v) is 4.45. The second kappa shape index (κ2) is 7.84. The van der Waals surface area contributed by atoms with Gasteiger partial charge in [-0.2, -0.15) is 10.1 Å². The van der Waals surface area contributed by atoms with Crippen molar-refractivity contribution in [2.75, 3.05) is 0 Å². The van der Waals surface area contributed by atoms with E-state index >= 15 is 0 Å². The first-order valence-corrected chi connectivity index (χ1v) is 10.8. The van der Waals surface area contributed by atoms with E-state index in [1.807, 2.05) is 30.3 Å². The van der Waals surface area contributed by atoms with Gasteiger partial charge in [0.05, 0.1) is 11.9 Å². The lowest BCUT2D eigenvalue weighted by Crippen LogP contribution is -2.52. The summed E-state index contributed by atoms with van der Waals surface area (Å²) in [5.41, 5.74) is 2.05. The summed E-state index contributed by atoms with van der Waals surface area (Å²) in [6.45, 7) is 1.71. The number of amides is 4. The van der Waals surface area contributed by atoms with Crippen LogP contribution in [0.5, 0.6) is 0 Å². The molecule has 3 heterocycles. The third kappa shape index (κ3) is 3.55. The number of carbonyl (C=O) groups is 3. The number of hydrogen-bond donors (Lipinski definition) is 2. The Morgan fingerprint density at radius 2 is 1.91 bits per heavy atom. The van der Waals surface area contributed by atoms with E-state index in [-0.39, 0.29) is 5.39 Å². The first-order chi connectivity index (χ1) is 15.9. The van der Waals surface area contributed by atoms with Crippen LogP contribution in [0.1, 0.15) is 32.6 Å². The van der Waals surface area contributed by atoms with Crippen LogP contribution in [-0.4, -0.2) is 47.7 Å². The van der Waals surface area contributed by atoms with Crippen molar-refractivity contribution in [3.63, 3.8) is 0 Å². The molecule has 0 unspecified atom stereocenters. The van der Waals surface area contributed by atoms with Gasteiger partial charge >= 0.3 is 6.03 Å². The highest BCUT2D eigenvalue weighted by Crippen LogP contribution is 2.35. The Morgan fingerprint density at radius 1 is 1.18 bits per heavy atom. The molecule has 1 spiro atoms. The van der Waals surface area contributed by atoms with Crippen LogP contribution in [0.3, 0.4) is 0 Å². The van der Waals surface area contributed by atoms with Crippen molar-refractivity contribution < 1.29 is 14.4 Å². The van der Waals surface area contributed by atoms with E-state index in [4.69, 9.17) is 0 Å². The molecule has 1 aliphatic carbocycles. The Bertz CT molecular complexity index is 1310. The van der Waals surface area contributed by atoms with Crippen LogP contribution in [0.4, 0.5) is 4.79 Å². The first kappa shape index (κ1) is 20.9. The normalized spacial score (nSPS) is 22.7. The van der Waals surface area contributed by atoms with Gasteiger partial charge in [-0.05, 0) is 43.7 Å². The van der Waals surface area contributed by atoms with Gasteiger partial charge in [0.1, 0.15) is 23.8 Å². The second-order valence-corrected chi connectivity index (χ2v) is 8.68. The zero-order chi connectivity index (χ0) is 23.2. The van der Waals surface area contributed by atoms with Gasteiger partial charge in [-0.3, -0.25) is 24.4 Å². The third-order valence-electron chi connectivity index (χ3n) is 6.40. The van der Waals surface area contributed by atoms with Crippen LogP contribution in [0, 0.1) is 5.92 Å². The van der Waals surface area contributed by atoms with E-state index in [1.165, 1.54) is 12.5 Å². The van der Waals surface area contributed by atoms with Crippen molar-refractivity contribution in [1.82, 2.24) is 35.1 Å². The summed E-state index contributed by atoms with van der Waals surface area (Å²) in [6, 6.07) is 8.59. The Labute approximate surface area is 188 Å². The molecule has 11 nitrogen and oxygen atoms in total. The highest BCUT2D eigenvalue weighted by molar-refractivity contribution is 6.08. The second-order valence-electron chi connectivity index (χ2n) is 8.68. The lowest BCUT2D eigenvalue weighted by Gasteiger charge is -2.33. The summed E-state index contributed by atoms with van der Waals surface area (Å²) in [4.78, 5) is 55.1. The quantitative estimate of drug-likeness (QED) is 0.574. The number of nitrogens with one attached hydrogen (secondary N) is 2. The Balaban J connectivity index is 1.33. The number of fused-ring (bicyclic) bond motifs is 1. The zero-order valence-electron chi connectivity index (χ0n) is 18.0. The zero-order valence-corrected chi connectivity index (χ0v) is 18.0. The molecule has 1 saturated carbocycles. The Kier molecular flexibility index (Phi) is 4.95. The van der Waals surface area contributed by atoms with E-state index in [2.05, 4.69) is 27.7 Å². The maximum Gasteiger partial charge on any atom is 0.344 e. The molecule has 2 aromatic heterocycles. The van der Waals surface area contributed by atoms with Crippen molar-refractivity contribution in [2.24, 2.45) is 5.92 Å². The number of benzene rings is 1. The van der Waals surface area contributed by atoms with Gasteiger partial charge in [-0.1, -0.05) is 25.1 Å². The minimum absolute atomic E-state index is 0.249. The van der Waals surface area contributed by atoms with E-state index in [1.54, 1.807) is 4.68 Å². The van der Waals surface area contributed by atoms with Gasteiger partial charge in [0.2, 0.25) is 0 Å². The standard InChI is InChI=1S/C22H23N7O4/c1-14-7-9-22(10-8-14)20(32)29(21(33)25-22)26-17(30)12-27-13-23-18-16(19(27)31)11-24-28(18)15-5-3-2-4-6-15/h2-6,11,13-14H,7-10,12H2,1H3,(H,25,33)(H,26,30). The van der Waals surface area contributed by atoms with Crippen molar-refractivity contribution in [2.45, 2.75) is 44.7 Å². The molecule has 0 radical (unpaired) electrons. The van der Waals surface area contributed by atoms with Gasteiger partial charge in [0.25, 0.3) is 17.4 Å². The number of para-hydroxylation sites is 1. The fraction of sp³-hybridized carbons (Fsp3) is 0.364. The SMILES string of the molecule is CC1CCC2(CC1)NC(=O)N(NC(=O)Cn1cnc3c(cnn3-c3ccccc3)c1=O)C2=O. The van der Waals surface area contributed by atoms with E-state index in [9.17, 15) is 19.2 Å². The Hall–Kier alpha value is -4.02. The summed E-state index contributed by atoms with van der Waals surface area (Å²) >= 11 is 0. The number of urea groups is 1.